The molecule has 5 nitrogen and oxygen atoms in total. The number of carbonyl (C=O) groups excluding carboxylic acids is 1. The van der Waals surface area contributed by atoms with Crippen molar-refractivity contribution < 1.29 is 13.2 Å². The number of amides is 1. The van der Waals surface area contributed by atoms with Crippen molar-refractivity contribution in [1.82, 2.24) is 9.21 Å². The Kier molecular flexibility index (Phi) is 7.23. The topological polar surface area (TPSA) is 57.7 Å². The van der Waals surface area contributed by atoms with Crippen LogP contribution in [0, 0.1) is 0 Å². The zero-order chi connectivity index (χ0) is 20.7. The van der Waals surface area contributed by atoms with E-state index >= 15 is 0 Å². The highest BCUT2D eigenvalue weighted by molar-refractivity contribution is 7.89. The van der Waals surface area contributed by atoms with Crippen LogP contribution in [-0.4, -0.2) is 49.7 Å². The Bertz CT molecular complexity index is 936. The summed E-state index contributed by atoms with van der Waals surface area (Å²) < 4.78 is 27.4. The molecule has 0 saturated carbocycles. The summed E-state index contributed by atoms with van der Waals surface area (Å²) in [6, 6.07) is 16.4. The van der Waals surface area contributed by atoms with E-state index in [-0.39, 0.29) is 10.8 Å². The van der Waals surface area contributed by atoms with Crippen molar-refractivity contribution >= 4 is 15.9 Å². The van der Waals surface area contributed by atoms with Gasteiger partial charge in [0.05, 0.1) is 4.90 Å². The molecule has 3 rings (SSSR count). The standard InChI is InChI=1S/C23H28N2O3S/c1-2-15-24(18-14-20-10-5-3-6-11-20)23(26)21-12-9-13-22(19-21)29(27,28)25-16-7-4-8-17-25/h2-3,5-6,9-13,19H,1,4,7-8,14-18H2. The maximum absolute atomic E-state index is 13.1. The minimum Gasteiger partial charge on any atom is -0.335 e. The highest BCUT2D eigenvalue weighted by Gasteiger charge is 2.27. The Hall–Kier alpha value is -2.44. The largest absolute Gasteiger partial charge is 0.335 e. The van der Waals surface area contributed by atoms with Gasteiger partial charge in [-0.25, -0.2) is 8.42 Å². The number of hydrogen-bond acceptors (Lipinski definition) is 3. The van der Waals surface area contributed by atoms with Gasteiger partial charge in [0.2, 0.25) is 10.0 Å². The molecule has 1 aliphatic rings. The Morgan fingerprint density at radius 3 is 2.45 bits per heavy atom. The van der Waals surface area contributed by atoms with E-state index in [1.165, 1.54) is 10.4 Å². The summed E-state index contributed by atoms with van der Waals surface area (Å²) in [6.45, 7) is 5.79. The molecule has 0 aromatic heterocycles. The number of rotatable bonds is 8. The molecule has 0 atom stereocenters. The fraction of sp³-hybridized carbons (Fsp3) is 0.348. The van der Waals surface area contributed by atoms with Crippen LogP contribution in [-0.2, 0) is 16.4 Å². The van der Waals surface area contributed by atoms with Crippen LogP contribution in [0.4, 0.5) is 0 Å². The average molecular weight is 413 g/mol. The summed E-state index contributed by atoms with van der Waals surface area (Å²) >= 11 is 0. The van der Waals surface area contributed by atoms with Crippen molar-refractivity contribution in [2.75, 3.05) is 26.2 Å². The summed E-state index contributed by atoms with van der Waals surface area (Å²) in [5, 5.41) is 0. The van der Waals surface area contributed by atoms with Gasteiger partial charge in [0.25, 0.3) is 5.91 Å². The van der Waals surface area contributed by atoms with Crippen molar-refractivity contribution in [3.63, 3.8) is 0 Å². The van der Waals surface area contributed by atoms with Crippen LogP contribution in [0.5, 0.6) is 0 Å². The van der Waals surface area contributed by atoms with Crippen molar-refractivity contribution in [2.24, 2.45) is 0 Å². The normalized spacial score (nSPS) is 15.0. The van der Waals surface area contributed by atoms with E-state index in [0.29, 0.717) is 31.7 Å². The fourth-order valence-electron chi connectivity index (χ4n) is 3.57. The predicted molar refractivity (Wildman–Crippen MR) is 115 cm³/mol. The second-order valence-corrected chi connectivity index (χ2v) is 9.21. The van der Waals surface area contributed by atoms with E-state index in [2.05, 4.69) is 6.58 Å². The summed E-state index contributed by atoms with van der Waals surface area (Å²) in [5.74, 6) is -0.184. The first-order chi connectivity index (χ1) is 14.0. The fourth-order valence-corrected chi connectivity index (χ4v) is 5.13. The molecule has 0 aliphatic carbocycles. The van der Waals surface area contributed by atoms with Crippen LogP contribution in [0.25, 0.3) is 0 Å². The van der Waals surface area contributed by atoms with E-state index in [9.17, 15) is 13.2 Å². The molecule has 1 aliphatic heterocycles. The van der Waals surface area contributed by atoms with Gasteiger partial charge in [-0.3, -0.25) is 4.79 Å². The Labute approximate surface area is 173 Å². The molecule has 1 saturated heterocycles. The van der Waals surface area contributed by atoms with Crippen molar-refractivity contribution in [1.29, 1.82) is 0 Å². The van der Waals surface area contributed by atoms with E-state index in [4.69, 9.17) is 0 Å². The third kappa shape index (κ3) is 5.34. The van der Waals surface area contributed by atoms with Gasteiger partial charge in [-0.15, -0.1) is 6.58 Å². The van der Waals surface area contributed by atoms with Gasteiger partial charge in [0.15, 0.2) is 0 Å². The second-order valence-electron chi connectivity index (χ2n) is 7.27. The quantitative estimate of drug-likeness (QED) is 0.621. The third-order valence-electron chi connectivity index (χ3n) is 5.18. The average Bonchev–Trinajstić information content (AvgIpc) is 2.77. The molecule has 0 bridgehead atoms. The molecule has 154 valence electrons. The van der Waals surface area contributed by atoms with Crippen molar-refractivity contribution in [3.05, 3.63) is 78.4 Å². The number of piperidine rings is 1. The van der Waals surface area contributed by atoms with Gasteiger partial charge in [0.1, 0.15) is 0 Å². The van der Waals surface area contributed by atoms with E-state index in [1.807, 2.05) is 30.3 Å². The number of hydrogen-bond donors (Lipinski definition) is 0. The third-order valence-corrected chi connectivity index (χ3v) is 7.08. The first-order valence-corrected chi connectivity index (χ1v) is 11.5. The Balaban J connectivity index is 1.77. The highest BCUT2D eigenvalue weighted by atomic mass is 32.2. The van der Waals surface area contributed by atoms with Crippen LogP contribution < -0.4 is 0 Å². The summed E-state index contributed by atoms with van der Waals surface area (Å²) in [4.78, 5) is 15.0. The van der Waals surface area contributed by atoms with Gasteiger partial charge in [-0.1, -0.05) is 48.9 Å². The lowest BCUT2D eigenvalue weighted by molar-refractivity contribution is 0.0775. The lowest BCUT2D eigenvalue weighted by Crippen LogP contribution is -2.36. The second kappa shape index (κ2) is 9.85. The van der Waals surface area contributed by atoms with Crippen LogP contribution in [0.3, 0.4) is 0 Å². The maximum Gasteiger partial charge on any atom is 0.254 e. The molecule has 2 aromatic rings. The van der Waals surface area contributed by atoms with E-state index in [1.54, 1.807) is 29.2 Å². The zero-order valence-corrected chi connectivity index (χ0v) is 17.5. The molecular weight excluding hydrogens is 384 g/mol. The number of nitrogens with zero attached hydrogens (tertiary/aromatic N) is 2. The summed E-state index contributed by atoms with van der Waals surface area (Å²) in [5.41, 5.74) is 1.54. The smallest absolute Gasteiger partial charge is 0.254 e. The van der Waals surface area contributed by atoms with Gasteiger partial charge in [0, 0.05) is 31.7 Å². The highest BCUT2D eigenvalue weighted by Crippen LogP contribution is 2.22. The van der Waals surface area contributed by atoms with Crippen LogP contribution in [0.1, 0.15) is 35.2 Å². The molecule has 2 aromatic carbocycles. The Morgan fingerprint density at radius 1 is 1.03 bits per heavy atom. The van der Waals surface area contributed by atoms with Gasteiger partial charge >= 0.3 is 0 Å². The number of carbonyl (C=O) groups is 1. The molecule has 29 heavy (non-hydrogen) atoms. The van der Waals surface area contributed by atoms with Crippen LogP contribution in [0.15, 0.2) is 72.1 Å². The van der Waals surface area contributed by atoms with Crippen molar-refractivity contribution in [2.45, 2.75) is 30.6 Å². The lowest BCUT2D eigenvalue weighted by atomic mass is 10.1. The monoisotopic (exact) mass is 412 g/mol. The lowest BCUT2D eigenvalue weighted by Gasteiger charge is -2.26. The minimum absolute atomic E-state index is 0.184. The number of sulfonamides is 1. The molecule has 0 unspecified atom stereocenters. The molecule has 0 N–H and O–H groups in total. The summed E-state index contributed by atoms with van der Waals surface area (Å²) in [6.07, 6.45) is 5.24. The molecule has 1 amide bonds. The molecule has 0 radical (unpaired) electrons. The predicted octanol–water partition coefficient (Wildman–Crippen LogP) is 3.73. The van der Waals surface area contributed by atoms with E-state index < -0.39 is 10.0 Å². The SMILES string of the molecule is C=CCN(CCc1ccccc1)C(=O)c1cccc(S(=O)(=O)N2CCCCC2)c1. The minimum atomic E-state index is -3.57. The molecular formula is C23H28N2O3S. The molecule has 0 spiro atoms. The van der Waals surface area contributed by atoms with Gasteiger partial charge < -0.3 is 4.90 Å². The van der Waals surface area contributed by atoms with Gasteiger partial charge in [-0.05, 0) is 43.0 Å². The van der Waals surface area contributed by atoms with E-state index in [0.717, 1.165) is 31.2 Å². The van der Waals surface area contributed by atoms with Crippen LogP contribution >= 0.6 is 0 Å². The first-order valence-electron chi connectivity index (χ1n) is 10.1. The summed E-state index contributed by atoms with van der Waals surface area (Å²) in [7, 11) is -3.57. The molecule has 6 heteroatoms. The number of benzene rings is 2. The molecule has 1 heterocycles. The zero-order valence-electron chi connectivity index (χ0n) is 16.7. The van der Waals surface area contributed by atoms with Gasteiger partial charge in [-0.2, -0.15) is 4.31 Å². The van der Waals surface area contributed by atoms with Crippen molar-refractivity contribution in [3.8, 4) is 0 Å². The molecule has 1 fully saturated rings. The Morgan fingerprint density at radius 2 is 1.76 bits per heavy atom. The van der Waals surface area contributed by atoms with Crippen LogP contribution in [0.2, 0.25) is 0 Å². The first kappa shape index (κ1) is 21.3. The maximum atomic E-state index is 13.1.